The minimum Gasteiger partial charge on any atom is -0.471 e. The molecule has 1 saturated heterocycles. The summed E-state index contributed by atoms with van der Waals surface area (Å²) in [6.45, 7) is 1.09. The predicted molar refractivity (Wildman–Crippen MR) is 95.2 cm³/mol. The molecule has 0 radical (unpaired) electrons. The molecule has 3 rings (SSSR count). The highest BCUT2D eigenvalue weighted by atomic mass is 35.5. The maximum Gasteiger partial charge on any atom is 0.289 e. The van der Waals surface area contributed by atoms with Gasteiger partial charge in [-0.15, -0.1) is 0 Å². The third-order valence-corrected chi connectivity index (χ3v) is 4.23. The van der Waals surface area contributed by atoms with E-state index < -0.39 is 10.8 Å². The number of halogens is 2. The van der Waals surface area contributed by atoms with E-state index in [0.717, 1.165) is 6.42 Å². The Labute approximate surface area is 158 Å². The number of benzene rings is 1. The highest BCUT2D eigenvalue weighted by molar-refractivity contribution is 6.33. The average molecular weight is 398 g/mol. The molecule has 10 heteroatoms. The van der Waals surface area contributed by atoms with Gasteiger partial charge in [0.15, 0.2) is 0 Å². The first kappa shape index (κ1) is 18.4. The number of ether oxygens (including phenoxy) is 2. The number of nitro benzene ring substituents is 1. The van der Waals surface area contributed by atoms with Gasteiger partial charge < -0.3 is 14.8 Å². The molecule has 1 unspecified atom stereocenters. The number of hydrogen-bond donors (Lipinski definition) is 1. The van der Waals surface area contributed by atoms with Crippen LogP contribution >= 0.6 is 23.2 Å². The minimum absolute atomic E-state index is 0.0184. The fraction of sp³-hybridized carbons (Fsp3) is 0.250. The van der Waals surface area contributed by atoms with Gasteiger partial charge in [-0.1, -0.05) is 23.2 Å². The van der Waals surface area contributed by atoms with Crippen LogP contribution in [0.15, 0.2) is 30.5 Å². The second-order valence-corrected chi connectivity index (χ2v) is 6.31. The molecule has 8 nitrogen and oxygen atoms in total. The lowest BCUT2D eigenvalue weighted by molar-refractivity contribution is -0.384. The Kier molecular flexibility index (Phi) is 5.55. The lowest BCUT2D eigenvalue weighted by Crippen LogP contribution is -2.17. The van der Waals surface area contributed by atoms with Crippen LogP contribution in [0.5, 0.6) is 5.88 Å². The zero-order chi connectivity index (χ0) is 18.7. The lowest BCUT2D eigenvalue weighted by atomic mass is 10.2. The van der Waals surface area contributed by atoms with Crippen LogP contribution in [0.1, 0.15) is 16.8 Å². The zero-order valence-corrected chi connectivity index (χ0v) is 14.8. The van der Waals surface area contributed by atoms with Crippen molar-refractivity contribution >= 4 is 40.5 Å². The van der Waals surface area contributed by atoms with Crippen molar-refractivity contribution in [2.75, 3.05) is 18.5 Å². The van der Waals surface area contributed by atoms with E-state index in [-0.39, 0.29) is 39.0 Å². The molecule has 1 atom stereocenters. The molecule has 0 aliphatic carbocycles. The van der Waals surface area contributed by atoms with Crippen molar-refractivity contribution in [3.05, 3.63) is 56.2 Å². The smallest absolute Gasteiger partial charge is 0.289 e. The van der Waals surface area contributed by atoms with E-state index in [1.165, 1.54) is 30.5 Å². The number of nitrogens with one attached hydrogen (secondary N) is 1. The Morgan fingerprint density at radius 2 is 2.15 bits per heavy atom. The van der Waals surface area contributed by atoms with Crippen molar-refractivity contribution in [3.8, 4) is 5.88 Å². The SMILES string of the molecule is O=C(Nc1ccc(Cl)c([N+](=O)[O-])c1)c1cnc(OC2CCOC2)c(Cl)c1. The second-order valence-electron chi connectivity index (χ2n) is 5.49. The van der Waals surface area contributed by atoms with E-state index >= 15 is 0 Å². The molecule has 1 aromatic heterocycles. The molecule has 1 aromatic carbocycles. The number of anilines is 1. The van der Waals surface area contributed by atoms with Crippen molar-refractivity contribution < 1.29 is 19.2 Å². The normalized spacial score (nSPS) is 16.3. The van der Waals surface area contributed by atoms with Gasteiger partial charge in [0.2, 0.25) is 5.88 Å². The molecule has 0 bridgehead atoms. The maximum atomic E-state index is 12.3. The summed E-state index contributed by atoms with van der Waals surface area (Å²) >= 11 is 11.9. The van der Waals surface area contributed by atoms with E-state index in [1.54, 1.807) is 0 Å². The Morgan fingerprint density at radius 1 is 1.35 bits per heavy atom. The van der Waals surface area contributed by atoms with Crippen LogP contribution < -0.4 is 10.1 Å². The van der Waals surface area contributed by atoms with Crippen molar-refractivity contribution in [2.24, 2.45) is 0 Å². The Bertz CT molecular complexity index is 856. The van der Waals surface area contributed by atoms with E-state index in [0.29, 0.717) is 13.2 Å². The number of hydrogen-bond acceptors (Lipinski definition) is 6. The molecule has 2 aromatic rings. The molecule has 1 aliphatic heterocycles. The molecule has 2 heterocycles. The van der Waals surface area contributed by atoms with Gasteiger partial charge in [-0.3, -0.25) is 14.9 Å². The van der Waals surface area contributed by atoms with Crippen LogP contribution in [0.4, 0.5) is 11.4 Å². The maximum absolute atomic E-state index is 12.3. The van der Waals surface area contributed by atoms with E-state index in [2.05, 4.69) is 10.3 Å². The van der Waals surface area contributed by atoms with Gasteiger partial charge >= 0.3 is 0 Å². The second kappa shape index (κ2) is 7.86. The van der Waals surface area contributed by atoms with E-state index in [4.69, 9.17) is 32.7 Å². The predicted octanol–water partition coefficient (Wildman–Crippen LogP) is 3.72. The highest BCUT2D eigenvalue weighted by Gasteiger charge is 2.20. The largest absolute Gasteiger partial charge is 0.471 e. The Hall–Kier alpha value is -2.42. The molecule has 1 aliphatic rings. The summed E-state index contributed by atoms with van der Waals surface area (Å²) in [6, 6.07) is 5.38. The van der Waals surface area contributed by atoms with Gasteiger partial charge in [0, 0.05) is 24.4 Å². The molecular formula is C16H13Cl2N3O5. The van der Waals surface area contributed by atoms with Gasteiger partial charge in [0.1, 0.15) is 16.1 Å². The van der Waals surface area contributed by atoms with E-state index in [1.807, 2.05) is 0 Å². The number of amides is 1. The average Bonchev–Trinajstić information content (AvgIpc) is 3.11. The highest BCUT2D eigenvalue weighted by Crippen LogP contribution is 2.28. The molecule has 1 N–H and O–H groups in total. The first-order valence-electron chi connectivity index (χ1n) is 7.59. The Balaban J connectivity index is 1.72. The number of carbonyl (C=O) groups excluding carboxylic acids is 1. The summed E-state index contributed by atoms with van der Waals surface area (Å²) < 4.78 is 10.8. The van der Waals surface area contributed by atoms with Crippen LogP contribution in [-0.2, 0) is 4.74 Å². The molecular weight excluding hydrogens is 385 g/mol. The van der Waals surface area contributed by atoms with Gasteiger partial charge in [0.05, 0.1) is 23.7 Å². The van der Waals surface area contributed by atoms with Gasteiger partial charge in [-0.25, -0.2) is 4.98 Å². The van der Waals surface area contributed by atoms with Crippen molar-refractivity contribution in [1.29, 1.82) is 0 Å². The van der Waals surface area contributed by atoms with Gasteiger partial charge in [0.25, 0.3) is 11.6 Å². The summed E-state index contributed by atoms with van der Waals surface area (Å²) in [7, 11) is 0. The van der Waals surface area contributed by atoms with Crippen LogP contribution in [0.3, 0.4) is 0 Å². The summed E-state index contributed by atoms with van der Waals surface area (Å²) in [4.78, 5) is 26.7. The van der Waals surface area contributed by atoms with Crippen LogP contribution in [-0.4, -0.2) is 35.1 Å². The number of aromatic nitrogens is 1. The monoisotopic (exact) mass is 397 g/mol. The third-order valence-electron chi connectivity index (χ3n) is 3.64. The Morgan fingerprint density at radius 3 is 2.81 bits per heavy atom. The minimum atomic E-state index is -0.630. The fourth-order valence-corrected chi connectivity index (χ4v) is 2.73. The molecule has 0 spiro atoms. The topological polar surface area (TPSA) is 104 Å². The molecule has 0 saturated carbocycles. The summed E-state index contributed by atoms with van der Waals surface area (Å²) in [6.07, 6.45) is 1.95. The molecule has 136 valence electrons. The standard InChI is InChI=1S/C16H13Cl2N3O5/c17-12-2-1-10(6-14(12)21(23)24)20-15(22)9-5-13(18)16(19-7-9)26-11-3-4-25-8-11/h1-2,5-7,11H,3-4,8H2,(H,20,22). The van der Waals surface area contributed by atoms with Crippen molar-refractivity contribution in [2.45, 2.75) is 12.5 Å². The molecule has 1 fully saturated rings. The first-order chi connectivity index (χ1) is 12.4. The molecule has 1 amide bonds. The van der Waals surface area contributed by atoms with Gasteiger partial charge in [-0.2, -0.15) is 0 Å². The lowest BCUT2D eigenvalue weighted by Gasteiger charge is -2.12. The summed E-state index contributed by atoms with van der Waals surface area (Å²) in [5, 5.41) is 13.6. The number of pyridine rings is 1. The number of rotatable bonds is 5. The molecule has 26 heavy (non-hydrogen) atoms. The van der Waals surface area contributed by atoms with Crippen LogP contribution in [0, 0.1) is 10.1 Å². The first-order valence-corrected chi connectivity index (χ1v) is 8.35. The summed E-state index contributed by atoms with van der Waals surface area (Å²) in [5.74, 6) is -0.299. The zero-order valence-electron chi connectivity index (χ0n) is 13.3. The van der Waals surface area contributed by atoms with Crippen molar-refractivity contribution in [1.82, 2.24) is 4.98 Å². The number of nitro groups is 1. The number of carbonyl (C=O) groups is 1. The van der Waals surface area contributed by atoms with Gasteiger partial charge in [-0.05, 0) is 18.2 Å². The quantitative estimate of drug-likeness (QED) is 0.608. The van der Waals surface area contributed by atoms with Crippen molar-refractivity contribution in [3.63, 3.8) is 0 Å². The third kappa shape index (κ3) is 4.21. The fourth-order valence-electron chi connectivity index (χ4n) is 2.33. The summed E-state index contributed by atoms with van der Waals surface area (Å²) in [5.41, 5.74) is 0.108. The van der Waals surface area contributed by atoms with Crippen LogP contribution in [0.25, 0.3) is 0 Å². The number of nitrogens with zero attached hydrogens (tertiary/aromatic N) is 2. The van der Waals surface area contributed by atoms with E-state index in [9.17, 15) is 14.9 Å². The van der Waals surface area contributed by atoms with Crippen LogP contribution in [0.2, 0.25) is 10.0 Å².